The molecule has 1 aromatic carbocycles. The van der Waals surface area contributed by atoms with Crippen molar-refractivity contribution in [2.75, 3.05) is 36.4 Å². The number of amidine groups is 1. The Kier molecular flexibility index (Phi) is 5.83. The van der Waals surface area contributed by atoms with E-state index in [1.54, 1.807) is 0 Å². The second kappa shape index (κ2) is 8.74. The molecule has 4 heterocycles. The fourth-order valence-electron chi connectivity index (χ4n) is 4.18. The van der Waals surface area contributed by atoms with Crippen LogP contribution in [0.3, 0.4) is 0 Å². The van der Waals surface area contributed by atoms with Gasteiger partial charge in [0.05, 0.1) is 10.7 Å². The Bertz CT molecular complexity index is 1010. The molecule has 5 rings (SSSR count). The molecule has 3 aliphatic rings. The van der Waals surface area contributed by atoms with E-state index in [9.17, 15) is 4.39 Å². The summed E-state index contributed by atoms with van der Waals surface area (Å²) in [6, 6.07) is 4.77. The molecule has 1 unspecified atom stereocenters. The molecule has 0 radical (unpaired) electrons. The number of piperidine rings is 1. The summed E-state index contributed by atoms with van der Waals surface area (Å²) in [5.41, 5.74) is 8.56. The van der Waals surface area contributed by atoms with E-state index in [2.05, 4.69) is 36.6 Å². The van der Waals surface area contributed by atoms with Crippen LogP contribution in [0.2, 0.25) is 10.0 Å². The quantitative estimate of drug-likeness (QED) is 0.517. The Morgan fingerprint density at radius 1 is 1.13 bits per heavy atom. The molecule has 1 fully saturated rings. The second-order valence-electron chi connectivity index (χ2n) is 7.88. The van der Waals surface area contributed by atoms with Gasteiger partial charge in [0, 0.05) is 36.1 Å². The minimum absolute atomic E-state index is 0.0488. The van der Waals surface area contributed by atoms with E-state index in [4.69, 9.17) is 28.2 Å². The molecule has 1 saturated heterocycles. The van der Waals surface area contributed by atoms with Crippen molar-refractivity contribution in [3.05, 3.63) is 45.3 Å². The highest BCUT2D eigenvalue weighted by Crippen LogP contribution is 2.34. The van der Waals surface area contributed by atoms with Gasteiger partial charge in [-0.15, -0.1) is 10.2 Å². The molecule has 0 saturated carbocycles. The topological polar surface area (TPSA) is 89.5 Å². The Morgan fingerprint density at radius 2 is 1.97 bits per heavy atom. The van der Waals surface area contributed by atoms with Crippen molar-refractivity contribution in [2.24, 2.45) is 10.9 Å². The van der Waals surface area contributed by atoms with Gasteiger partial charge in [-0.2, -0.15) is 0 Å². The minimum Gasteiger partial charge on any atom is -0.365 e. The summed E-state index contributed by atoms with van der Waals surface area (Å²) in [7, 11) is 0. The van der Waals surface area contributed by atoms with Gasteiger partial charge in [-0.05, 0) is 44.1 Å². The molecule has 0 amide bonds. The third-order valence-corrected chi connectivity index (χ3v) is 6.67. The van der Waals surface area contributed by atoms with E-state index in [-0.39, 0.29) is 11.2 Å². The lowest BCUT2D eigenvalue weighted by molar-refractivity contribution is 0.448. The number of nitrogens with zero attached hydrogens (tertiary/aromatic N) is 4. The van der Waals surface area contributed by atoms with Gasteiger partial charge >= 0.3 is 0 Å². The first kappa shape index (κ1) is 20.7. The molecule has 11 heteroatoms. The average Bonchev–Trinajstić information content (AvgIpc) is 3.30. The first-order chi connectivity index (χ1) is 15.1. The summed E-state index contributed by atoms with van der Waals surface area (Å²) < 4.78 is 14.0. The number of benzene rings is 1. The van der Waals surface area contributed by atoms with Crippen LogP contribution in [-0.2, 0) is 6.54 Å². The van der Waals surface area contributed by atoms with E-state index >= 15 is 0 Å². The molecule has 1 atom stereocenters. The maximum absolute atomic E-state index is 14.0. The number of anilines is 2. The van der Waals surface area contributed by atoms with E-state index in [1.165, 1.54) is 12.1 Å². The molecule has 8 nitrogen and oxygen atoms in total. The van der Waals surface area contributed by atoms with E-state index < -0.39 is 5.82 Å². The molecule has 0 bridgehead atoms. The zero-order chi connectivity index (χ0) is 21.4. The second-order valence-corrected chi connectivity index (χ2v) is 8.67. The van der Waals surface area contributed by atoms with Crippen LogP contribution in [0.15, 0.2) is 23.2 Å². The number of halogens is 3. The van der Waals surface area contributed by atoms with Crippen LogP contribution in [-0.4, -0.2) is 42.2 Å². The maximum atomic E-state index is 14.0. The van der Waals surface area contributed by atoms with Crippen LogP contribution in [0.5, 0.6) is 0 Å². The number of hydrogen-bond acceptors (Lipinski definition) is 8. The number of aromatic nitrogens is 2. The number of aliphatic imine (C=N–C) groups is 1. The van der Waals surface area contributed by atoms with Gasteiger partial charge in [0.2, 0.25) is 0 Å². The van der Waals surface area contributed by atoms with E-state index in [0.717, 1.165) is 37.5 Å². The van der Waals surface area contributed by atoms with Crippen molar-refractivity contribution in [1.82, 2.24) is 26.4 Å². The Labute approximate surface area is 189 Å². The van der Waals surface area contributed by atoms with Crippen molar-refractivity contribution in [1.29, 1.82) is 0 Å². The molecule has 0 spiro atoms. The van der Waals surface area contributed by atoms with Crippen LogP contribution in [0.4, 0.5) is 15.9 Å². The van der Waals surface area contributed by atoms with Gasteiger partial charge < -0.3 is 21.0 Å². The summed E-state index contributed by atoms with van der Waals surface area (Å²) in [5, 5.41) is 15.9. The van der Waals surface area contributed by atoms with Crippen LogP contribution in [0.25, 0.3) is 0 Å². The largest absolute Gasteiger partial charge is 0.365 e. The summed E-state index contributed by atoms with van der Waals surface area (Å²) in [6.07, 6.45) is 1.80. The summed E-state index contributed by atoms with van der Waals surface area (Å²) >= 11 is 12.5. The predicted octanol–water partition coefficient (Wildman–Crippen LogP) is 2.86. The van der Waals surface area contributed by atoms with Crippen LogP contribution in [0.1, 0.15) is 30.3 Å². The first-order valence-electron chi connectivity index (χ1n) is 10.4. The highest BCUT2D eigenvalue weighted by Gasteiger charge is 2.29. The van der Waals surface area contributed by atoms with Gasteiger partial charge in [0.25, 0.3) is 0 Å². The molecule has 3 aliphatic heterocycles. The lowest BCUT2D eigenvalue weighted by atomic mass is 9.97. The maximum Gasteiger partial charge on any atom is 0.172 e. The number of hydrogen-bond donors (Lipinski definition) is 4. The number of hydrazine groups is 1. The molecular weight excluding hydrogens is 442 g/mol. The highest BCUT2D eigenvalue weighted by molar-refractivity contribution is 6.36. The van der Waals surface area contributed by atoms with Crippen LogP contribution in [0, 0.1) is 11.7 Å². The number of nitrogens with one attached hydrogen (secondary N) is 4. The van der Waals surface area contributed by atoms with Crippen LogP contribution >= 0.6 is 23.2 Å². The van der Waals surface area contributed by atoms with Crippen molar-refractivity contribution in [3.63, 3.8) is 0 Å². The van der Waals surface area contributed by atoms with Gasteiger partial charge in [-0.1, -0.05) is 23.2 Å². The molecule has 4 N–H and O–H groups in total. The van der Waals surface area contributed by atoms with E-state index in [0.29, 0.717) is 47.7 Å². The average molecular weight is 465 g/mol. The summed E-state index contributed by atoms with van der Waals surface area (Å²) in [6.45, 7) is 3.75. The predicted molar refractivity (Wildman–Crippen MR) is 120 cm³/mol. The van der Waals surface area contributed by atoms with Crippen molar-refractivity contribution in [2.45, 2.75) is 25.6 Å². The molecule has 0 aliphatic carbocycles. The standard InChI is InChI=1S/C20H23Cl2FN8/c21-13-1-2-14(23)17(22)12(13)10-31-8-7-25-20-16(31)9-15(27-30-20)19-26-18(28-29-19)11-3-5-24-6-4-11/h1-2,9,11,19,24,29H,3-8,10H2,(H,25,30)(H,26,28). The fourth-order valence-corrected chi connectivity index (χ4v) is 4.67. The number of fused-ring (bicyclic) bond motifs is 1. The SMILES string of the molecule is Fc1ccc(Cl)c(CN2CCNc3nnc(C4N=C(C5CCNCC5)NN4)cc32)c1Cl. The molecule has 164 valence electrons. The summed E-state index contributed by atoms with van der Waals surface area (Å²) in [5.74, 6) is 1.58. The monoisotopic (exact) mass is 464 g/mol. The van der Waals surface area contributed by atoms with Gasteiger partial charge in [-0.3, -0.25) is 0 Å². The Hall–Kier alpha value is -2.20. The van der Waals surface area contributed by atoms with Gasteiger partial charge in [-0.25, -0.2) is 14.8 Å². The third kappa shape index (κ3) is 4.15. The molecular formula is C20H23Cl2FN8. The zero-order valence-electron chi connectivity index (χ0n) is 16.8. The first-order valence-corrected chi connectivity index (χ1v) is 11.1. The van der Waals surface area contributed by atoms with Crippen LogP contribution < -0.4 is 26.4 Å². The van der Waals surface area contributed by atoms with Crippen molar-refractivity contribution < 1.29 is 4.39 Å². The molecule has 1 aromatic heterocycles. The van der Waals surface area contributed by atoms with E-state index in [1.807, 2.05) is 6.07 Å². The normalized spacial score (nSPS) is 21.3. The molecule has 31 heavy (non-hydrogen) atoms. The third-order valence-electron chi connectivity index (χ3n) is 5.91. The fraction of sp³-hybridized carbons (Fsp3) is 0.450. The van der Waals surface area contributed by atoms with Crippen molar-refractivity contribution in [3.8, 4) is 0 Å². The van der Waals surface area contributed by atoms with Crippen molar-refractivity contribution >= 4 is 40.5 Å². The Balaban J connectivity index is 1.40. The summed E-state index contributed by atoms with van der Waals surface area (Å²) in [4.78, 5) is 6.89. The number of rotatable bonds is 4. The lowest BCUT2D eigenvalue weighted by Gasteiger charge is -2.32. The Morgan fingerprint density at radius 3 is 2.81 bits per heavy atom. The zero-order valence-corrected chi connectivity index (χ0v) is 18.3. The lowest BCUT2D eigenvalue weighted by Crippen LogP contribution is -2.40. The molecule has 2 aromatic rings. The smallest absolute Gasteiger partial charge is 0.172 e. The minimum atomic E-state index is -0.481. The van der Waals surface area contributed by atoms with Gasteiger partial charge in [0.15, 0.2) is 12.0 Å². The highest BCUT2D eigenvalue weighted by atomic mass is 35.5. The van der Waals surface area contributed by atoms with Gasteiger partial charge in [0.1, 0.15) is 17.3 Å².